The van der Waals surface area contributed by atoms with Crippen LogP contribution in [0.1, 0.15) is 43.4 Å². The molecule has 1 heterocycles. The SMILES string of the molecule is CCOC(=O)N1c2cc(OC)c(OC)cc2[C@H](C(O)c2ccccc2)C[C@H]1C. The molecule has 1 aliphatic heterocycles. The zero-order valence-corrected chi connectivity index (χ0v) is 16.7. The molecule has 6 nitrogen and oxygen atoms in total. The van der Waals surface area contributed by atoms with Crippen molar-refractivity contribution in [1.82, 2.24) is 0 Å². The van der Waals surface area contributed by atoms with E-state index >= 15 is 0 Å². The fourth-order valence-corrected chi connectivity index (χ4v) is 3.88. The molecular formula is C22H27NO5. The molecular weight excluding hydrogens is 358 g/mol. The molecule has 1 amide bonds. The lowest BCUT2D eigenvalue weighted by Gasteiger charge is -2.40. The molecule has 1 N–H and O–H groups in total. The molecule has 0 bridgehead atoms. The first-order valence-corrected chi connectivity index (χ1v) is 9.46. The van der Waals surface area contributed by atoms with Crippen molar-refractivity contribution in [2.75, 3.05) is 25.7 Å². The first-order chi connectivity index (χ1) is 13.5. The second-order valence-electron chi connectivity index (χ2n) is 6.88. The lowest BCUT2D eigenvalue weighted by molar-refractivity contribution is 0.128. The Hall–Kier alpha value is -2.73. The molecule has 3 rings (SSSR count). The smallest absolute Gasteiger partial charge is 0.414 e. The third-order valence-electron chi connectivity index (χ3n) is 5.21. The molecule has 2 aromatic carbocycles. The summed E-state index contributed by atoms with van der Waals surface area (Å²) >= 11 is 0. The van der Waals surface area contributed by atoms with E-state index in [1.807, 2.05) is 43.3 Å². The van der Waals surface area contributed by atoms with Gasteiger partial charge in [0.1, 0.15) is 0 Å². The van der Waals surface area contributed by atoms with Crippen LogP contribution in [0.5, 0.6) is 11.5 Å². The maximum atomic E-state index is 12.6. The molecule has 0 spiro atoms. The van der Waals surface area contributed by atoms with Crippen molar-refractivity contribution in [2.24, 2.45) is 0 Å². The number of methoxy groups -OCH3 is 2. The minimum atomic E-state index is -0.704. The average molecular weight is 385 g/mol. The predicted molar refractivity (Wildman–Crippen MR) is 107 cm³/mol. The number of amides is 1. The number of aliphatic hydroxyl groups is 1. The summed E-state index contributed by atoms with van der Waals surface area (Å²) in [6, 6.07) is 13.0. The third kappa shape index (κ3) is 3.64. The number of hydrogen-bond acceptors (Lipinski definition) is 5. The molecule has 0 aliphatic carbocycles. The van der Waals surface area contributed by atoms with Gasteiger partial charge < -0.3 is 19.3 Å². The van der Waals surface area contributed by atoms with Crippen LogP contribution in [-0.2, 0) is 4.74 Å². The fourth-order valence-electron chi connectivity index (χ4n) is 3.88. The van der Waals surface area contributed by atoms with Crippen LogP contribution in [-0.4, -0.2) is 38.1 Å². The van der Waals surface area contributed by atoms with E-state index in [1.54, 1.807) is 32.1 Å². The number of carbonyl (C=O) groups excluding carboxylic acids is 1. The summed E-state index contributed by atoms with van der Waals surface area (Å²) in [5.41, 5.74) is 2.35. The van der Waals surface area contributed by atoms with E-state index in [9.17, 15) is 9.90 Å². The first-order valence-electron chi connectivity index (χ1n) is 9.46. The zero-order valence-electron chi connectivity index (χ0n) is 16.7. The molecule has 28 heavy (non-hydrogen) atoms. The van der Waals surface area contributed by atoms with Gasteiger partial charge in [0.15, 0.2) is 11.5 Å². The fraction of sp³-hybridized carbons (Fsp3) is 0.409. The van der Waals surface area contributed by atoms with Gasteiger partial charge in [0.05, 0.1) is 32.6 Å². The van der Waals surface area contributed by atoms with Gasteiger partial charge in [-0.15, -0.1) is 0 Å². The quantitative estimate of drug-likeness (QED) is 0.832. The highest BCUT2D eigenvalue weighted by Crippen LogP contribution is 2.48. The van der Waals surface area contributed by atoms with Gasteiger partial charge in [-0.2, -0.15) is 0 Å². The Balaban J connectivity index is 2.12. The molecule has 1 aliphatic rings. The number of rotatable bonds is 5. The summed E-state index contributed by atoms with van der Waals surface area (Å²) in [5.74, 6) is 0.889. The van der Waals surface area contributed by atoms with Gasteiger partial charge in [-0.1, -0.05) is 30.3 Å². The van der Waals surface area contributed by atoms with Gasteiger partial charge in [0, 0.05) is 18.0 Å². The van der Waals surface area contributed by atoms with E-state index in [1.165, 1.54) is 0 Å². The number of anilines is 1. The molecule has 6 heteroatoms. The number of fused-ring (bicyclic) bond motifs is 1. The summed E-state index contributed by atoms with van der Waals surface area (Å²) in [4.78, 5) is 14.3. The molecule has 0 saturated heterocycles. The number of nitrogens with zero attached hydrogens (tertiary/aromatic N) is 1. The second-order valence-corrected chi connectivity index (χ2v) is 6.88. The molecule has 150 valence electrons. The van der Waals surface area contributed by atoms with Crippen molar-refractivity contribution >= 4 is 11.8 Å². The number of benzene rings is 2. The van der Waals surface area contributed by atoms with E-state index in [0.717, 1.165) is 11.1 Å². The van der Waals surface area contributed by atoms with Crippen LogP contribution in [0.4, 0.5) is 10.5 Å². The number of ether oxygens (including phenoxy) is 3. The molecule has 2 aromatic rings. The minimum Gasteiger partial charge on any atom is -0.493 e. The number of aliphatic hydroxyl groups excluding tert-OH is 1. The van der Waals surface area contributed by atoms with Crippen LogP contribution in [0.3, 0.4) is 0 Å². The van der Waals surface area contributed by atoms with Crippen molar-refractivity contribution in [2.45, 2.75) is 38.3 Å². The molecule has 3 atom stereocenters. The first kappa shape index (κ1) is 20.0. The summed E-state index contributed by atoms with van der Waals surface area (Å²) in [5, 5.41) is 11.1. The number of hydrogen-bond donors (Lipinski definition) is 1. The minimum absolute atomic E-state index is 0.145. The van der Waals surface area contributed by atoms with Crippen LogP contribution in [0, 0.1) is 0 Å². The Labute approximate surface area is 165 Å². The summed E-state index contributed by atoms with van der Waals surface area (Å²) in [7, 11) is 3.13. The Morgan fingerprint density at radius 3 is 2.43 bits per heavy atom. The average Bonchev–Trinajstić information content (AvgIpc) is 2.72. The summed E-state index contributed by atoms with van der Waals surface area (Å²) in [6.07, 6.45) is -0.516. The van der Waals surface area contributed by atoms with Crippen molar-refractivity contribution < 1.29 is 24.1 Å². The molecule has 0 saturated carbocycles. The molecule has 0 aromatic heterocycles. The van der Waals surface area contributed by atoms with Gasteiger partial charge in [-0.3, -0.25) is 4.90 Å². The highest BCUT2D eigenvalue weighted by atomic mass is 16.6. The predicted octanol–water partition coefficient (Wildman–Crippen LogP) is 4.28. The Bertz CT molecular complexity index is 823. The maximum absolute atomic E-state index is 12.6. The Morgan fingerprint density at radius 2 is 1.82 bits per heavy atom. The molecule has 0 radical (unpaired) electrons. The Kier molecular flexibility index (Phi) is 6.09. The standard InChI is InChI=1S/C22H27NO5/c1-5-28-22(25)23-14(2)11-17(21(24)15-9-7-6-8-10-15)16-12-19(26-3)20(27-4)13-18(16)23/h6-10,12-14,17,21,24H,5,11H2,1-4H3/t14-,17-,21?/m1/s1. The highest BCUT2D eigenvalue weighted by molar-refractivity contribution is 5.91. The normalized spacial score (nSPS) is 19.5. The lowest BCUT2D eigenvalue weighted by Crippen LogP contribution is -2.44. The van der Waals surface area contributed by atoms with Crippen molar-refractivity contribution in [3.63, 3.8) is 0 Å². The van der Waals surface area contributed by atoms with E-state index in [2.05, 4.69) is 0 Å². The third-order valence-corrected chi connectivity index (χ3v) is 5.21. The van der Waals surface area contributed by atoms with Crippen LogP contribution >= 0.6 is 0 Å². The van der Waals surface area contributed by atoms with Gasteiger partial charge in [0.2, 0.25) is 0 Å². The molecule has 1 unspecified atom stereocenters. The van der Waals surface area contributed by atoms with E-state index < -0.39 is 12.2 Å². The summed E-state index contributed by atoms with van der Waals surface area (Å²) < 4.78 is 16.2. The lowest BCUT2D eigenvalue weighted by atomic mass is 9.80. The van der Waals surface area contributed by atoms with E-state index in [0.29, 0.717) is 30.2 Å². The van der Waals surface area contributed by atoms with Crippen LogP contribution < -0.4 is 14.4 Å². The van der Waals surface area contributed by atoms with Gasteiger partial charge >= 0.3 is 6.09 Å². The van der Waals surface area contributed by atoms with E-state index in [4.69, 9.17) is 14.2 Å². The highest BCUT2D eigenvalue weighted by Gasteiger charge is 2.39. The van der Waals surface area contributed by atoms with Gasteiger partial charge in [-0.25, -0.2) is 4.79 Å². The van der Waals surface area contributed by atoms with E-state index in [-0.39, 0.29) is 12.0 Å². The Morgan fingerprint density at radius 1 is 1.18 bits per heavy atom. The van der Waals surface area contributed by atoms with Gasteiger partial charge in [-0.05, 0) is 37.5 Å². The maximum Gasteiger partial charge on any atom is 0.414 e. The van der Waals surface area contributed by atoms with Crippen LogP contribution in [0.15, 0.2) is 42.5 Å². The van der Waals surface area contributed by atoms with Crippen molar-refractivity contribution in [1.29, 1.82) is 0 Å². The number of carbonyl (C=O) groups is 1. The topological polar surface area (TPSA) is 68.2 Å². The summed E-state index contributed by atoms with van der Waals surface area (Å²) in [6.45, 7) is 4.03. The largest absolute Gasteiger partial charge is 0.493 e. The zero-order chi connectivity index (χ0) is 20.3. The van der Waals surface area contributed by atoms with Crippen LogP contribution in [0.25, 0.3) is 0 Å². The van der Waals surface area contributed by atoms with Crippen molar-refractivity contribution in [3.05, 3.63) is 53.6 Å². The van der Waals surface area contributed by atoms with Gasteiger partial charge in [0.25, 0.3) is 0 Å². The van der Waals surface area contributed by atoms with Crippen molar-refractivity contribution in [3.8, 4) is 11.5 Å². The van der Waals surface area contributed by atoms with Crippen LogP contribution in [0.2, 0.25) is 0 Å². The molecule has 0 fully saturated rings. The monoisotopic (exact) mass is 385 g/mol. The second kappa shape index (κ2) is 8.52.